The first kappa shape index (κ1) is 31.9. The van der Waals surface area contributed by atoms with E-state index >= 15 is 0 Å². The number of sulfonamides is 1. The summed E-state index contributed by atoms with van der Waals surface area (Å²) in [6.45, 7) is 0.907. The first-order valence-electron chi connectivity index (χ1n) is 13.5. The van der Waals surface area contributed by atoms with Gasteiger partial charge in [0, 0.05) is 33.2 Å². The number of anilines is 1. The fourth-order valence-corrected chi connectivity index (χ4v) is 6.90. The number of carbonyl (C=O) groups excluding carboxylic acids is 2. The number of nitrogens with one attached hydrogen (secondary N) is 1. The van der Waals surface area contributed by atoms with Gasteiger partial charge in [-0.05, 0) is 80.4 Å². The molecule has 8 nitrogen and oxygen atoms in total. The van der Waals surface area contributed by atoms with Crippen LogP contribution in [0.3, 0.4) is 0 Å². The van der Waals surface area contributed by atoms with Gasteiger partial charge in [0.25, 0.3) is 10.0 Å². The standard InChI is InChI=1S/C30H32Cl3N3O5S/c1-20(30(38)34-22-6-3-4-7-22)35(18-26-27(32)8-5-9-28(26)33)29(37)19-36(23-12-10-21(31)11-13-23)42(39,40)25-16-14-24(41-2)15-17-25/h5,8-17,20,22H,3-4,6-7,18-19H2,1-2H3,(H,34,38). The molecule has 1 N–H and O–H groups in total. The molecule has 1 aliphatic carbocycles. The molecule has 0 saturated heterocycles. The lowest BCUT2D eigenvalue weighted by Gasteiger charge is -2.33. The van der Waals surface area contributed by atoms with Crippen LogP contribution in [0, 0.1) is 0 Å². The lowest BCUT2D eigenvalue weighted by molar-refractivity contribution is -0.139. The van der Waals surface area contributed by atoms with Crippen molar-refractivity contribution in [1.82, 2.24) is 10.2 Å². The third-order valence-corrected chi connectivity index (χ3v) is 10.0. The molecule has 1 unspecified atom stereocenters. The van der Waals surface area contributed by atoms with Gasteiger partial charge in [0.15, 0.2) is 0 Å². The normalized spacial score (nSPS) is 14.3. The van der Waals surface area contributed by atoms with Gasteiger partial charge >= 0.3 is 0 Å². The number of benzene rings is 3. The van der Waals surface area contributed by atoms with Gasteiger partial charge < -0.3 is 15.0 Å². The SMILES string of the molecule is COc1ccc(S(=O)(=O)N(CC(=O)N(Cc2c(Cl)cccc2Cl)C(C)C(=O)NC2CCCC2)c2ccc(Cl)cc2)cc1. The van der Waals surface area contributed by atoms with Gasteiger partial charge in [-0.15, -0.1) is 0 Å². The van der Waals surface area contributed by atoms with Gasteiger partial charge in [0.1, 0.15) is 18.3 Å². The fourth-order valence-electron chi connectivity index (χ4n) is 4.84. The largest absolute Gasteiger partial charge is 0.497 e. The Hall–Kier alpha value is -2.98. The van der Waals surface area contributed by atoms with Gasteiger partial charge in [0.2, 0.25) is 11.8 Å². The molecule has 12 heteroatoms. The first-order chi connectivity index (χ1) is 20.0. The maximum atomic E-state index is 14.1. The number of hydrogen-bond donors (Lipinski definition) is 1. The van der Waals surface area contributed by atoms with Crippen molar-refractivity contribution < 1.29 is 22.7 Å². The smallest absolute Gasteiger partial charge is 0.264 e. The van der Waals surface area contributed by atoms with Crippen LogP contribution in [-0.4, -0.2) is 50.9 Å². The Morgan fingerprint density at radius 3 is 2.12 bits per heavy atom. The van der Waals surface area contributed by atoms with E-state index in [-0.39, 0.29) is 29.1 Å². The summed E-state index contributed by atoms with van der Waals surface area (Å²) in [4.78, 5) is 28.7. The molecule has 2 amide bonds. The summed E-state index contributed by atoms with van der Waals surface area (Å²) in [5.41, 5.74) is 0.674. The molecule has 0 heterocycles. The van der Waals surface area contributed by atoms with Crippen LogP contribution in [0.1, 0.15) is 38.2 Å². The topological polar surface area (TPSA) is 96.0 Å². The zero-order valence-electron chi connectivity index (χ0n) is 23.2. The summed E-state index contributed by atoms with van der Waals surface area (Å²) >= 11 is 19.0. The van der Waals surface area contributed by atoms with Crippen molar-refractivity contribution >= 4 is 62.3 Å². The molecule has 0 radical (unpaired) electrons. The van der Waals surface area contributed by atoms with E-state index in [2.05, 4.69) is 5.32 Å². The molecule has 0 bridgehead atoms. The summed E-state index contributed by atoms with van der Waals surface area (Å²) in [6, 6.07) is 16.0. The van der Waals surface area contributed by atoms with Crippen molar-refractivity contribution in [2.75, 3.05) is 18.0 Å². The molecule has 224 valence electrons. The number of methoxy groups -OCH3 is 1. The van der Waals surface area contributed by atoms with Crippen LogP contribution in [-0.2, 0) is 26.2 Å². The molecule has 1 aliphatic rings. The highest BCUT2D eigenvalue weighted by Crippen LogP contribution is 2.29. The van der Waals surface area contributed by atoms with Crippen molar-refractivity contribution in [2.24, 2.45) is 0 Å². The fraction of sp³-hybridized carbons (Fsp3) is 0.333. The van der Waals surface area contributed by atoms with Gasteiger partial charge in [0.05, 0.1) is 17.7 Å². The van der Waals surface area contributed by atoms with E-state index < -0.39 is 28.5 Å². The molecule has 0 spiro atoms. The monoisotopic (exact) mass is 651 g/mol. The minimum atomic E-state index is -4.24. The molecule has 3 aromatic rings. The van der Waals surface area contributed by atoms with E-state index in [1.54, 1.807) is 25.1 Å². The lowest BCUT2D eigenvalue weighted by atomic mass is 10.1. The molecule has 4 rings (SSSR count). The highest BCUT2D eigenvalue weighted by Gasteiger charge is 2.34. The average Bonchev–Trinajstić information content (AvgIpc) is 3.49. The minimum Gasteiger partial charge on any atom is -0.497 e. The number of carbonyl (C=O) groups is 2. The quantitative estimate of drug-likeness (QED) is 0.261. The number of amides is 2. The lowest BCUT2D eigenvalue weighted by Crippen LogP contribution is -2.52. The summed E-state index contributed by atoms with van der Waals surface area (Å²) in [5, 5.41) is 4.08. The van der Waals surface area contributed by atoms with Crippen molar-refractivity contribution in [3.05, 3.63) is 87.4 Å². The molecular formula is C30H32Cl3N3O5S. The zero-order valence-corrected chi connectivity index (χ0v) is 26.3. The van der Waals surface area contributed by atoms with Crippen LogP contribution in [0.4, 0.5) is 5.69 Å². The number of hydrogen-bond acceptors (Lipinski definition) is 5. The van der Waals surface area contributed by atoms with E-state index in [9.17, 15) is 18.0 Å². The summed E-state index contributed by atoms with van der Waals surface area (Å²) < 4.78 is 34.0. The van der Waals surface area contributed by atoms with E-state index in [1.807, 2.05) is 0 Å². The van der Waals surface area contributed by atoms with Crippen molar-refractivity contribution in [3.63, 3.8) is 0 Å². The van der Waals surface area contributed by atoms with E-state index in [0.29, 0.717) is 26.4 Å². The highest BCUT2D eigenvalue weighted by atomic mass is 35.5. The zero-order chi connectivity index (χ0) is 30.4. The van der Waals surface area contributed by atoms with Crippen LogP contribution in [0.25, 0.3) is 0 Å². The maximum Gasteiger partial charge on any atom is 0.264 e. The second-order valence-corrected chi connectivity index (χ2v) is 13.2. The Morgan fingerprint density at radius 2 is 1.55 bits per heavy atom. The molecule has 3 aromatic carbocycles. The van der Waals surface area contributed by atoms with Crippen LogP contribution < -0.4 is 14.4 Å². The predicted octanol–water partition coefficient (Wildman–Crippen LogP) is 6.33. The van der Waals surface area contributed by atoms with Crippen molar-refractivity contribution in [1.29, 1.82) is 0 Å². The van der Waals surface area contributed by atoms with Crippen LogP contribution in [0.5, 0.6) is 5.75 Å². The molecule has 0 aliphatic heterocycles. The Kier molecular flexibility index (Phi) is 10.6. The Bertz CT molecular complexity index is 1490. The van der Waals surface area contributed by atoms with E-state index in [4.69, 9.17) is 39.5 Å². The number of ether oxygens (including phenoxy) is 1. The molecule has 0 aromatic heterocycles. The Labute approximate surface area is 261 Å². The van der Waals surface area contributed by atoms with Gasteiger partial charge in [-0.3, -0.25) is 13.9 Å². The molecule has 42 heavy (non-hydrogen) atoms. The Balaban J connectivity index is 1.71. The third kappa shape index (κ3) is 7.50. The van der Waals surface area contributed by atoms with Crippen LogP contribution in [0.15, 0.2) is 71.6 Å². The predicted molar refractivity (Wildman–Crippen MR) is 166 cm³/mol. The van der Waals surface area contributed by atoms with Crippen LogP contribution in [0.2, 0.25) is 15.1 Å². The molecule has 1 fully saturated rings. The molecule has 1 saturated carbocycles. The maximum absolute atomic E-state index is 14.1. The Morgan fingerprint density at radius 1 is 0.952 bits per heavy atom. The third-order valence-electron chi connectivity index (χ3n) is 7.30. The number of halogens is 3. The summed E-state index contributed by atoms with van der Waals surface area (Å²) in [7, 11) is -2.76. The molecular weight excluding hydrogens is 621 g/mol. The molecule has 1 atom stereocenters. The average molecular weight is 653 g/mol. The van der Waals surface area contributed by atoms with Crippen molar-refractivity contribution in [2.45, 2.75) is 56.1 Å². The summed E-state index contributed by atoms with van der Waals surface area (Å²) in [6.07, 6.45) is 3.79. The van der Waals surface area contributed by atoms with Gasteiger partial charge in [-0.1, -0.05) is 53.7 Å². The van der Waals surface area contributed by atoms with Crippen LogP contribution >= 0.6 is 34.8 Å². The van der Waals surface area contributed by atoms with E-state index in [1.165, 1.54) is 60.5 Å². The highest BCUT2D eigenvalue weighted by molar-refractivity contribution is 7.92. The van der Waals surface area contributed by atoms with E-state index in [0.717, 1.165) is 30.0 Å². The van der Waals surface area contributed by atoms with Gasteiger partial charge in [-0.2, -0.15) is 0 Å². The van der Waals surface area contributed by atoms with Crippen molar-refractivity contribution in [3.8, 4) is 5.75 Å². The first-order valence-corrected chi connectivity index (χ1v) is 16.0. The summed E-state index contributed by atoms with van der Waals surface area (Å²) in [5.74, 6) is -0.477. The second kappa shape index (κ2) is 14.0. The number of rotatable bonds is 11. The second-order valence-electron chi connectivity index (χ2n) is 10.1. The minimum absolute atomic E-state index is 0.0295. The van der Waals surface area contributed by atoms with Gasteiger partial charge in [-0.25, -0.2) is 8.42 Å². The number of nitrogens with zero attached hydrogens (tertiary/aromatic N) is 2.